The number of aldehydes is 1. The largest absolute Gasteiger partial charge is 0.481 e. The van der Waals surface area contributed by atoms with Gasteiger partial charge in [0.1, 0.15) is 6.29 Å². The fourth-order valence-electron chi connectivity index (χ4n) is 2.33. The zero-order valence-corrected chi connectivity index (χ0v) is 12.8. The number of carboxylic acids is 1. The van der Waals surface area contributed by atoms with E-state index in [9.17, 15) is 9.59 Å². The van der Waals surface area contributed by atoms with Crippen LogP contribution in [0, 0.1) is 0 Å². The summed E-state index contributed by atoms with van der Waals surface area (Å²) in [4.78, 5) is 25.5. The van der Waals surface area contributed by atoms with Gasteiger partial charge in [-0.1, -0.05) is 36.4 Å². The van der Waals surface area contributed by atoms with Crippen molar-refractivity contribution in [1.82, 2.24) is 4.98 Å². The molecule has 0 unspecified atom stereocenters. The lowest BCUT2D eigenvalue weighted by atomic mass is 9.96. The van der Waals surface area contributed by atoms with Crippen LogP contribution in [0.25, 0.3) is 5.57 Å². The SMILES string of the molecule is O=Cc1ccc(/C(=C\CCCCC(=O)O)c2cccnc2)cc1. The number of rotatable bonds is 8. The van der Waals surface area contributed by atoms with Crippen LogP contribution in [0.1, 0.15) is 47.2 Å². The molecule has 0 aliphatic heterocycles. The lowest BCUT2D eigenvalue weighted by Gasteiger charge is -2.09. The maximum absolute atomic E-state index is 10.8. The van der Waals surface area contributed by atoms with Gasteiger partial charge in [0.05, 0.1) is 0 Å². The minimum absolute atomic E-state index is 0.199. The van der Waals surface area contributed by atoms with E-state index in [2.05, 4.69) is 11.1 Å². The number of hydrogen-bond donors (Lipinski definition) is 1. The third-order valence-corrected chi connectivity index (χ3v) is 3.52. The van der Waals surface area contributed by atoms with Crippen molar-refractivity contribution in [3.63, 3.8) is 0 Å². The Kier molecular flexibility index (Phi) is 6.24. The monoisotopic (exact) mass is 309 g/mol. The first-order valence-corrected chi connectivity index (χ1v) is 7.58. The van der Waals surface area contributed by atoms with Gasteiger partial charge in [-0.25, -0.2) is 0 Å². The molecule has 0 spiro atoms. The first-order chi connectivity index (χ1) is 11.2. The zero-order chi connectivity index (χ0) is 16.5. The number of carboxylic acid groups (broad SMARTS) is 1. The first kappa shape index (κ1) is 16.6. The molecule has 0 saturated heterocycles. The number of carbonyl (C=O) groups is 2. The number of hydrogen-bond acceptors (Lipinski definition) is 3. The molecular weight excluding hydrogens is 290 g/mol. The smallest absolute Gasteiger partial charge is 0.303 e. The molecule has 4 nitrogen and oxygen atoms in total. The van der Waals surface area contributed by atoms with E-state index in [1.54, 1.807) is 24.5 Å². The summed E-state index contributed by atoms with van der Waals surface area (Å²) in [5.41, 5.74) is 3.71. The number of carbonyl (C=O) groups excluding carboxylic acids is 1. The van der Waals surface area contributed by atoms with E-state index in [1.807, 2.05) is 24.3 Å². The summed E-state index contributed by atoms with van der Waals surface area (Å²) in [6.45, 7) is 0. The maximum Gasteiger partial charge on any atom is 0.303 e. The van der Waals surface area contributed by atoms with Crippen LogP contribution >= 0.6 is 0 Å². The molecule has 0 saturated carbocycles. The molecule has 0 amide bonds. The van der Waals surface area contributed by atoms with Crippen LogP contribution in [0.2, 0.25) is 0 Å². The highest BCUT2D eigenvalue weighted by atomic mass is 16.4. The van der Waals surface area contributed by atoms with E-state index in [0.29, 0.717) is 12.0 Å². The van der Waals surface area contributed by atoms with Crippen molar-refractivity contribution in [2.24, 2.45) is 0 Å². The van der Waals surface area contributed by atoms with Crippen molar-refractivity contribution >= 4 is 17.8 Å². The first-order valence-electron chi connectivity index (χ1n) is 7.58. The number of pyridine rings is 1. The molecule has 0 radical (unpaired) electrons. The van der Waals surface area contributed by atoms with Gasteiger partial charge in [-0.2, -0.15) is 0 Å². The van der Waals surface area contributed by atoms with Gasteiger partial charge in [-0.3, -0.25) is 14.6 Å². The Morgan fingerprint density at radius 3 is 2.48 bits per heavy atom. The third-order valence-electron chi connectivity index (χ3n) is 3.52. The maximum atomic E-state index is 10.8. The number of unbranched alkanes of at least 4 members (excludes halogenated alkanes) is 2. The van der Waals surface area contributed by atoms with E-state index in [1.165, 1.54) is 0 Å². The lowest BCUT2D eigenvalue weighted by molar-refractivity contribution is -0.137. The summed E-state index contributed by atoms with van der Waals surface area (Å²) in [6.07, 6.45) is 8.94. The van der Waals surface area contributed by atoms with Gasteiger partial charge in [0.25, 0.3) is 0 Å². The molecule has 1 heterocycles. The van der Waals surface area contributed by atoms with Gasteiger partial charge in [-0.05, 0) is 36.5 Å². The molecule has 0 bridgehead atoms. The van der Waals surface area contributed by atoms with E-state index in [-0.39, 0.29) is 6.42 Å². The number of benzene rings is 1. The lowest BCUT2D eigenvalue weighted by Crippen LogP contribution is -1.94. The Hall–Kier alpha value is -2.75. The molecule has 0 atom stereocenters. The van der Waals surface area contributed by atoms with Crippen molar-refractivity contribution in [3.05, 3.63) is 71.6 Å². The summed E-state index contributed by atoms with van der Waals surface area (Å²) in [7, 11) is 0. The molecule has 0 aliphatic rings. The highest BCUT2D eigenvalue weighted by Crippen LogP contribution is 2.24. The topological polar surface area (TPSA) is 67.3 Å². The molecule has 23 heavy (non-hydrogen) atoms. The Morgan fingerprint density at radius 2 is 1.87 bits per heavy atom. The molecular formula is C19H19NO3. The average molecular weight is 309 g/mol. The number of allylic oxidation sites excluding steroid dienone is 1. The summed E-state index contributed by atoms with van der Waals surface area (Å²) >= 11 is 0. The molecule has 2 rings (SSSR count). The fourth-order valence-corrected chi connectivity index (χ4v) is 2.33. The third kappa shape index (κ3) is 5.18. The molecule has 1 aromatic carbocycles. The average Bonchev–Trinajstić information content (AvgIpc) is 2.59. The highest BCUT2D eigenvalue weighted by Gasteiger charge is 2.05. The van der Waals surface area contributed by atoms with Crippen molar-refractivity contribution in [2.45, 2.75) is 25.7 Å². The number of nitrogens with zero attached hydrogens (tertiary/aromatic N) is 1. The van der Waals surface area contributed by atoms with E-state index >= 15 is 0 Å². The molecule has 118 valence electrons. The fraction of sp³-hybridized carbons (Fsp3) is 0.211. The summed E-state index contributed by atoms with van der Waals surface area (Å²) in [6, 6.07) is 11.3. The van der Waals surface area contributed by atoms with E-state index < -0.39 is 5.97 Å². The van der Waals surface area contributed by atoms with Crippen LogP contribution in [0.4, 0.5) is 0 Å². The minimum atomic E-state index is -0.758. The van der Waals surface area contributed by atoms with Crippen LogP contribution in [-0.2, 0) is 4.79 Å². The van der Waals surface area contributed by atoms with Crippen LogP contribution in [0.3, 0.4) is 0 Å². The highest BCUT2D eigenvalue weighted by molar-refractivity contribution is 5.81. The van der Waals surface area contributed by atoms with Gasteiger partial charge >= 0.3 is 5.97 Å². The van der Waals surface area contributed by atoms with Crippen molar-refractivity contribution in [3.8, 4) is 0 Å². The van der Waals surface area contributed by atoms with Crippen molar-refractivity contribution < 1.29 is 14.7 Å². The molecule has 0 fully saturated rings. The Labute approximate surface area is 135 Å². The van der Waals surface area contributed by atoms with Gasteiger partial charge in [-0.15, -0.1) is 0 Å². The summed E-state index contributed by atoms with van der Waals surface area (Å²) in [5.74, 6) is -0.758. The quantitative estimate of drug-likeness (QED) is 0.592. The molecule has 4 heteroatoms. The second kappa shape index (κ2) is 8.63. The summed E-state index contributed by atoms with van der Waals surface area (Å²) < 4.78 is 0. The normalized spacial score (nSPS) is 11.2. The molecule has 0 aliphatic carbocycles. The number of aliphatic carboxylic acids is 1. The Balaban J connectivity index is 2.17. The standard InChI is InChI=1S/C19H19NO3/c21-14-15-8-10-16(11-9-15)18(17-5-4-12-20-13-17)6-2-1-3-7-19(22)23/h4-6,8-14H,1-3,7H2,(H,22,23)/b18-6+. The number of aromatic nitrogens is 1. The van der Waals surface area contributed by atoms with Crippen molar-refractivity contribution in [1.29, 1.82) is 0 Å². The van der Waals surface area contributed by atoms with Crippen LogP contribution in [0.15, 0.2) is 54.9 Å². The van der Waals surface area contributed by atoms with Gasteiger partial charge in [0.2, 0.25) is 0 Å². The molecule has 1 N–H and O–H groups in total. The van der Waals surface area contributed by atoms with Gasteiger partial charge in [0.15, 0.2) is 0 Å². The van der Waals surface area contributed by atoms with Gasteiger partial charge in [0, 0.05) is 29.9 Å². The van der Waals surface area contributed by atoms with Crippen LogP contribution < -0.4 is 0 Å². The van der Waals surface area contributed by atoms with Crippen LogP contribution in [0.5, 0.6) is 0 Å². The molecule has 1 aromatic heterocycles. The second-order valence-electron chi connectivity index (χ2n) is 5.24. The van der Waals surface area contributed by atoms with Crippen LogP contribution in [-0.4, -0.2) is 22.3 Å². The second-order valence-corrected chi connectivity index (χ2v) is 5.24. The Bertz CT molecular complexity index is 676. The summed E-state index contributed by atoms with van der Waals surface area (Å²) in [5, 5.41) is 8.68. The zero-order valence-electron chi connectivity index (χ0n) is 12.8. The van der Waals surface area contributed by atoms with Crippen molar-refractivity contribution in [2.75, 3.05) is 0 Å². The van der Waals surface area contributed by atoms with E-state index in [4.69, 9.17) is 5.11 Å². The molecule has 2 aromatic rings. The predicted molar refractivity (Wildman–Crippen MR) is 89.2 cm³/mol. The predicted octanol–water partition coefficient (Wildman–Crippen LogP) is 3.97. The Morgan fingerprint density at radius 1 is 1.09 bits per heavy atom. The van der Waals surface area contributed by atoms with E-state index in [0.717, 1.165) is 35.8 Å². The van der Waals surface area contributed by atoms with Gasteiger partial charge < -0.3 is 5.11 Å². The minimum Gasteiger partial charge on any atom is -0.481 e.